The number of benzene rings is 1. The molecule has 1 saturated carbocycles. The van der Waals surface area contributed by atoms with Crippen molar-refractivity contribution in [1.82, 2.24) is 9.55 Å². The zero-order valence-electron chi connectivity index (χ0n) is 10.9. The van der Waals surface area contributed by atoms with E-state index in [2.05, 4.69) is 10.3 Å². The maximum absolute atomic E-state index is 11.0. The number of aromatic nitrogens is 2. The van der Waals surface area contributed by atoms with Crippen LogP contribution in [-0.2, 0) is 11.3 Å². The average Bonchev–Trinajstić information content (AvgIpc) is 2.60. The lowest BCUT2D eigenvalue weighted by atomic mass is 9.93. The molecule has 0 amide bonds. The first-order valence-electron chi connectivity index (χ1n) is 6.59. The molecule has 2 aromatic rings. The third-order valence-electron chi connectivity index (χ3n) is 3.64. The quantitative estimate of drug-likeness (QED) is 0.884. The summed E-state index contributed by atoms with van der Waals surface area (Å²) in [5.41, 5.74) is 2.85. The molecule has 0 bridgehead atoms. The van der Waals surface area contributed by atoms with E-state index in [-0.39, 0.29) is 6.54 Å². The highest BCUT2D eigenvalue weighted by Gasteiger charge is 2.21. The van der Waals surface area contributed by atoms with Crippen LogP contribution in [0, 0.1) is 6.92 Å². The van der Waals surface area contributed by atoms with Crippen molar-refractivity contribution in [2.75, 3.05) is 5.32 Å². The minimum absolute atomic E-state index is 0.0609. The highest BCUT2D eigenvalue weighted by molar-refractivity contribution is 5.81. The van der Waals surface area contributed by atoms with Crippen molar-refractivity contribution in [2.45, 2.75) is 38.8 Å². The zero-order chi connectivity index (χ0) is 13.4. The summed E-state index contributed by atoms with van der Waals surface area (Å²) < 4.78 is 1.75. The van der Waals surface area contributed by atoms with Crippen LogP contribution in [0.25, 0.3) is 11.0 Å². The predicted octanol–water partition coefficient (Wildman–Crippen LogP) is 2.39. The van der Waals surface area contributed by atoms with Crippen molar-refractivity contribution in [1.29, 1.82) is 0 Å². The van der Waals surface area contributed by atoms with Crippen LogP contribution in [0.4, 0.5) is 5.95 Å². The Hall–Kier alpha value is -2.04. The van der Waals surface area contributed by atoms with Gasteiger partial charge in [-0.3, -0.25) is 9.36 Å². The highest BCUT2D eigenvalue weighted by atomic mass is 16.4. The van der Waals surface area contributed by atoms with E-state index in [0.717, 1.165) is 29.4 Å². The number of imidazole rings is 1. The number of aliphatic carboxylic acids is 1. The fraction of sp³-hybridized carbons (Fsp3) is 0.429. The molecule has 1 aliphatic carbocycles. The van der Waals surface area contributed by atoms with Crippen molar-refractivity contribution in [3.8, 4) is 0 Å². The van der Waals surface area contributed by atoms with E-state index in [1.165, 1.54) is 6.42 Å². The molecular weight excluding hydrogens is 242 g/mol. The van der Waals surface area contributed by atoms with Gasteiger partial charge in [-0.05, 0) is 43.9 Å². The van der Waals surface area contributed by atoms with Gasteiger partial charge in [0.15, 0.2) is 0 Å². The Morgan fingerprint density at radius 1 is 1.53 bits per heavy atom. The number of nitrogens with one attached hydrogen (secondary N) is 1. The molecule has 1 aromatic heterocycles. The second-order valence-electron chi connectivity index (χ2n) is 5.18. The lowest BCUT2D eigenvalue weighted by Gasteiger charge is -2.27. The molecular formula is C14H17N3O2. The van der Waals surface area contributed by atoms with Gasteiger partial charge in [0.25, 0.3) is 0 Å². The second-order valence-corrected chi connectivity index (χ2v) is 5.18. The first-order valence-corrected chi connectivity index (χ1v) is 6.59. The fourth-order valence-corrected chi connectivity index (χ4v) is 2.38. The lowest BCUT2D eigenvalue weighted by Crippen LogP contribution is -2.29. The van der Waals surface area contributed by atoms with E-state index in [1.807, 2.05) is 25.1 Å². The average molecular weight is 259 g/mol. The molecule has 19 heavy (non-hydrogen) atoms. The summed E-state index contributed by atoms with van der Waals surface area (Å²) in [6, 6.07) is 6.34. The van der Waals surface area contributed by atoms with Gasteiger partial charge in [-0.25, -0.2) is 4.98 Å². The summed E-state index contributed by atoms with van der Waals surface area (Å²) in [6.07, 6.45) is 3.50. The Kier molecular flexibility index (Phi) is 2.89. The SMILES string of the molecule is Cc1ccc2c(c1)nc(NC1CCC1)n2CC(=O)O. The summed E-state index contributed by atoms with van der Waals surface area (Å²) in [4.78, 5) is 15.6. The maximum Gasteiger partial charge on any atom is 0.323 e. The van der Waals surface area contributed by atoms with Gasteiger partial charge in [-0.1, -0.05) is 6.07 Å². The molecule has 1 heterocycles. The monoisotopic (exact) mass is 259 g/mol. The standard InChI is InChI=1S/C14H17N3O2/c1-9-5-6-12-11(7-9)16-14(15-10-3-2-4-10)17(12)8-13(18)19/h5-7,10H,2-4,8H2,1H3,(H,15,16)(H,18,19). The Morgan fingerprint density at radius 2 is 2.32 bits per heavy atom. The number of nitrogens with zero attached hydrogens (tertiary/aromatic N) is 2. The molecule has 0 spiro atoms. The van der Waals surface area contributed by atoms with E-state index in [9.17, 15) is 4.79 Å². The molecule has 1 aliphatic rings. The van der Waals surface area contributed by atoms with Gasteiger partial charge < -0.3 is 10.4 Å². The van der Waals surface area contributed by atoms with E-state index in [4.69, 9.17) is 5.11 Å². The number of carboxylic acids is 1. The minimum Gasteiger partial charge on any atom is -0.480 e. The number of anilines is 1. The van der Waals surface area contributed by atoms with Crippen molar-refractivity contribution in [2.24, 2.45) is 0 Å². The van der Waals surface area contributed by atoms with Crippen LogP contribution in [-0.4, -0.2) is 26.7 Å². The number of rotatable bonds is 4. The molecule has 1 fully saturated rings. The summed E-state index contributed by atoms with van der Waals surface area (Å²) in [7, 11) is 0. The number of fused-ring (bicyclic) bond motifs is 1. The largest absolute Gasteiger partial charge is 0.480 e. The predicted molar refractivity (Wildman–Crippen MR) is 73.4 cm³/mol. The Morgan fingerprint density at radius 3 is 2.95 bits per heavy atom. The molecule has 0 unspecified atom stereocenters. The van der Waals surface area contributed by atoms with Crippen molar-refractivity contribution >= 4 is 23.0 Å². The van der Waals surface area contributed by atoms with E-state index >= 15 is 0 Å². The molecule has 0 aliphatic heterocycles. The summed E-state index contributed by atoms with van der Waals surface area (Å²) in [6.45, 7) is 1.95. The van der Waals surface area contributed by atoms with E-state index < -0.39 is 5.97 Å². The second kappa shape index (κ2) is 4.57. The Balaban J connectivity index is 2.03. The topological polar surface area (TPSA) is 67.2 Å². The molecule has 0 saturated heterocycles. The zero-order valence-corrected chi connectivity index (χ0v) is 10.9. The maximum atomic E-state index is 11.0. The lowest BCUT2D eigenvalue weighted by molar-refractivity contribution is -0.137. The number of hydrogen-bond acceptors (Lipinski definition) is 3. The van der Waals surface area contributed by atoms with Gasteiger partial charge in [-0.15, -0.1) is 0 Å². The molecule has 100 valence electrons. The highest BCUT2D eigenvalue weighted by Crippen LogP contribution is 2.26. The van der Waals surface area contributed by atoms with Crippen LogP contribution in [0.3, 0.4) is 0 Å². The third kappa shape index (κ3) is 2.28. The van der Waals surface area contributed by atoms with Crippen molar-refractivity contribution in [3.63, 3.8) is 0 Å². The minimum atomic E-state index is -0.850. The number of carboxylic acid groups (broad SMARTS) is 1. The van der Waals surface area contributed by atoms with Gasteiger partial charge in [0.05, 0.1) is 11.0 Å². The van der Waals surface area contributed by atoms with Crippen LogP contribution in [0.2, 0.25) is 0 Å². The van der Waals surface area contributed by atoms with E-state index in [1.54, 1.807) is 4.57 Å². The molecule has 5 nitrogen and oxygen atoms in total. The van der Waals surface area contributed by atoms with E-state index in [0.29, 0.717) is 12.0 Å². The van der Waals surface area contributed by atoms with Gasteiger partial charge in [-0.2, -0.15) is 0 Å². The van der Waals surface area contributed by atoms with Crippen LogP contribution in [0.5, 0.6) is 0 Å². The van der Waals surface area contributed by atoms with Crippen LogP contribution in [0.1, 0.15) is 24.8 Å². The van der Waals surface area contributed by atoms with Gasteiger partial charge in [0.1, 0.15) is 6.54 Å². The third-order valence-corrected chi connectivity index (χ3v) is 3.64. The summed E-state index contributed by atoms with van der Waals surface area (Å²) in [5.74, 6) is -0.177. The van der Waals surface area contributed by atoms with Gasteiger partial charge >= 0.3 is 5.97 Å². The Bertz CT molecular complexity index is 629. The number of aryl methyl sites for hydroxylation is 1. The fourth-order valence-electron chi connectivity index (χ4n) is 2.38. The van der Waals surface area contributed by atoms with Crippen molar-refractivity contribution < 1.29 is 9.90 Å². The molecule has 2 N–H and O–H groups in total. The normalized spacial score (nSPS) is 15.4. The molecule has 5 heteroatoms. The first kappa shape index (κ1) is 12.0. The summed E-state index contributed by atoms with van der Waals surface area (Å²) >= 11 is 0. The summed E-state index contributed by atoms with van der Waals surface area (Å²) in [5, 5.41) is 12.4. The van der Waals surface area contributed by atoms with Gasteiger partial charge in [0.2, 0.25) is 5.95 Å². The Labute approximate surface area is 111 Å². The number of hydrogen-bond donors (Lipinski definition) is 2. The van der Waals surface area contributed by atoms with Crippen LogP contribution < -0.4 is 5.32 Å². The van der Waals surface area contributed by atoms with Crippen molar-refractivity contribution in [3.05, 3.63) is 23.8 Å². The molecule has 0 atom stereocenters. The molecule has 1 aromatic carbocycles. The number of carbonyl (C=O) groups is 1. The molecule has 0 radical (unpaired) electrons. The first-order chi connectivity index (χ1) is 9.13. The van der Waals surface area contributed by atoms with Crippen LogP contribution in [0.15, 0.2) is 18.2 Å². The molecule has 3 rings (SSSR count). The van der Waals surface area contributed by atoms with Crippen LogP contribution >= 0.6 is 0 Å². The smallest absolute Gasteiger partial charge is 0.323 e. The van der Waals surface area contributed by atoms with Gasteiger partial charge in [0, 0.05) is 6.04 Å².